The molecule has 5 N–H and O–H groups in total. The number of aromatic hydroxyl groups is 1. The van der Waals surface area contributed by atoms with E-state index < -0.39 is 11.8 Å². The van der Waals surface area contributed by atoms with Crippen molar-refractivity contribution in [2.45, 2.75) is 13.3 Å². The highest BCUT2D eigenvalue weighted by atomic mass is 16.3. The molecule has 0 saturated heterocycles. The number of phenols is 1. The van der Waals surface area contributed by atoms with Gasteiger partial charge >= 0.3 is 11.8 Å². The van der Waals surface area contributed by atoms with Crippen LogP contribution >= 0.6 is 0 Å². The molecule has 0 aromatic heterocycles. The second-order valence-electron chi connectivity index (χ2n) is 5.22. The molecule has 120 valence electrons. The van der Waals surface area contributed by atoms with Crippen molar-refractivity contribution in [3.8, 4) is 5.75 Å². The second-order valence-corrected chi connectivity index (χ2v) is 5.22. The summed E-state index contributed by atoms with van der Waals surface area (Å²) in [4.78, 5) is 23.6. The van der Waals surface area contributed by atoms with E-state index in [-0.39, 0.29) is 5.75 Å². The molecule has 0 fully saturated rings. The number of nitrogens with one attached hydrogen (secondary N) is 2. The first-order chi connectivity index (χ1) is 11.0. The number of hydrogen-bond donors (Lipinski definition) is 4. The molecule has 0 saturated carbocycles. The largest absolute Gasteiger partial charge is 0.508 e. The SMILES string of the molecule is Cc1ccc(N)c(NC(=O)C(=O)NCCc2ccc(O)cc2)c1. The number of anilines is 2. The van der Waals surface area contributed by atoms with E-state index in [0.29, 0.717) is 24.3 Å². The smallest absolute Gasteiger partial charge is 0.313 e. The van der Waals surface area contributed by atoms with Crippen molar-refractivity contribution in [1.29, 1.82) is 0 Å². The van der Waals surface area contributed by atoms with E-state index in [1.807, 2.05) is 13.0 Å². The van der Waals surface area contributed by atoms with E-state index in [0.717, 1.165) is 11.1 Å². The third kappa shape index (κ3) is 4.74. The Morgan fingerprint density at radius 1 is 1.09 bits per heavy atom. The average Bonchev–Trinajstić information content (AvgIpc) is 2.52. The number of nitrogens with two attached hydrogens (primary N) is 1. The van der Waals surface area contributed by atoms with E-state index in [2.05, 4.69) is 10.6 Å². The zero-order chi connectivity index (χ0) is 16.8. The van der Waals surface area contributed by atoms with Gasteiger partial charge in [0.2, 0.25) is 0 Å². The maximum atomic E-state index is 11.9. The highest BCUT2D eigenvalue weighted by molar-refractivity contribution is 6.39. The number of carbonyl (C=O) groups excluding carboxylic acids is 2. The first-order valence-corrected chi connectivity index (χ1v) is 7.19. The van der Waals surface area contributed by atoms with E-state index in [1.165, 1.54) is 0 Å². The molecule has 6 heteroatoms. The maximum absolute atomic E-state index is 11.9. The van der Waals surface area contributed by atoms with Crippen LogP contribution in [0.5, 0.6) is 5.75 Å². The molecule has 0 radical (unpaired) electrons. The topological polar surface area (TPSA) is 104 Å². The molecule has 2 rings (SSSR count). The molecule has 2 amide bonds. The third-order valence-corrected chi connectivity index (χ3v) is 3.30. The lowest BCUT2D eigenvalue weighted by molar-refractivity contribution is -0.136. The second kappa shape index (κ2) is 7.31. The highest BCUT2D eigenvalue weighted by Gasteiger charge is 2.14. The first kappa shape index (κ1) is 16.4. The molecule has 23 heavy (non-hydrogen) atoms. The Labute approximate surface area is 134 Å². The molecule has 0 aliphatic heterocycles. The van der Waals surface area contributed by atoms with Crippen LogP contribution in [0.4, 0.5) is 11.4 Å². The van der Waals surface area contributed by atoms with E-state index in [4.69, 9.17) is 5.73 Å². The van der Waals surface area contributed by atoms with Crippen molar-refractivity contribution >= 4 is 23.2 Å². The van der Waals surface area contributed by atoms with Crippen LogP contribution in [-0.2, 0) is 16.0 Å². The number of phenolic OH excluding ortho intramolecular Hbond substituents is 1. The number of aryl methyl sites for hydroxylation is 1. The lowest BCUT2D eigenvalue weighted by Crippen LogP contribution is -2.36. The Bertz CT molecular complexity index is 712. The Kier molecular flexibility index (Phi) is 5.19. The lowest BCUT2D eigenvalue weighted by Gasteiger charge is -2.09. The van der Waals surface area contributed by atoms with E-state index in [1.54, 1.807) is 36.4 Å². The summed E-state index contributed by atoms with van der Waals surface area (Å²) in [7, 11) is 0. The Hall–Kier alpha value is -3.02. The Morgan fingerprint density at radius 3 is 2.48 bits per heavy atom. The first-order valence-electron chi connectivity index (χ1n) is 7.19. The van der Waals surface area contributed by atoms with Gasteiger partial charge in [0.25, 0.3) is 0 Å². The molecule has 0 spiro atoms. The predicted octanol–water partition coefficient (Wildman–Crippen LogP) is 1.58. The lowest BCUT2D eigenvalue weighted by atomic mass is 10.1. The van der Waals surface area contributed by atoms with Gasteiger partial charge in [0.1, 0.15) is 5.75 Å². The Balaban J connectivity index is 1.84. The van der Waals surface area contributed by atoms with Crippen molar-refractivity contribution in [2.75, 3.05) is 17.6 Å². The summed E-state index contributed by atoms with van der Waals surface area (Å²) in [5.74, 6) is -1.29. The summed E-state index contributed by atoms with van der Waals surface area (Å²) >= 11 is 0. The van der Waals surface area contributed by atoms with Gasteiger partial charge in [-0.05, 0) is 48.7 Å². The van der Waals surface area contributed by atoms with Gasteiger partial charge in [-0.15, -0.1) is 0 Å². The molecular weight excluding hydrogens is 294 g/mol. The fourth-order valence-electron chi connectivity index (χ4n) is 2.02. The highest BCUT2D eigenvalue weighted by Crippen LogP contribution is 2.19. The zero-order valence-corrected chi connectivity index (χ0v) is 12.8. The summed E-state index contributed by atoms with van der Waals surface area (Å²) in [6.45, 7) is 2.19. The Morgan fingerprint density at radius 2 is 1.78 bits per heavy atom. The normalized spacial score (nSPS) is 10.1. The van der Waals surface area contributed by atoms with Crippen LogP contribution in [0, 0.1) is 6.92 Å². The van der Waals surface area contributed by atoms with Crippen molar-refractivity contribution < 1.29 is 14.7 Å². The summed E-state index contributed by atoms with van der Waals surface area (Å²) < 4.78 is 0. The van der Waals surface area contributed by atoms with Gasteiger partial charge in [0.15, 0.2) is 0 Å². The molecule has 0 unspecified atom stereocenters. The summed E-state index contributed by atoms with van der Waals surface area (Å²) in [6.07, 6.45) is 0.561. The molecule has 0 aliphatic carbocycles. The minimum absolute atomic E-state index is 0.188. The van der Waals surface area contributed by atoms with Gasteiger partial charge in [0, 0.05) is 6.54 Å². The minimum atomic E-state index is -0.756. The van der Waals surface area contributed by atoms with Gasteiger partial charge in [-0.1, -0.05) is 18.2 Å². The van der Waals surface area contributed by atoms with Crippen LogP contribution in [0.2, 0.25) is 0 Å². The molecule has 2 aromatic rings. The minimum Gasteiger partial charge on any atom is -0.508 e. The molecule has 6 nitrogen and oxygen atoms in total. The molecule has 0 aliphatic rings. The molecule has 0 bridgehead atoms. The summed E-state index contributed by atoms with van der Waals surface area (Å²) in [6, 6.07) is 11.9. The summed E-state index contributed by atoms with van der Waals surface area (Å²) in [5.41, 5.74) is 8.47. The zero-order valence-electron chi connectivity index (χ0n) is 12.8. The number of nitrogen functional groups attached to an aromatic ring is 1. The van der Waals surface area contributed by atoms with Gasteiger partial charge in [-0.2, -0.15) is 0 Å². The third-order valence-electron chi connectivity index (χ3n) is 3.30. The monoisotopic (exact) mass is 313 g/mol. The molecule has 0 atom stereocenters. The van der Waals surface area contributed by atoms with Gasteiger partial charge < -0.3 is 21.5 Å². The standard InChI is InChI=1S/C17H19N3O3/c1-11-2-7-14(18)15(10-11)20-17(23)16(22)19-9-8-12-3-5-13(21)6-4-12/h2-7,10,21H,8-9,18H2,1H3,(H,19,22)(H,20,23). The van der Waals surface area contributed by atoms with Crippen molar-refractivity contribution in [3.05, 3.63) is 53.6 Å². The van der Waals surface area contributed by atoms with Crippen LogP contribution < -0.4 is 16.4 Å². The van der Waals surface area contributed by atoms with Crippen molar-refractivity contribution in [2.24, 2.45) is 0 Å². The number of hydrogen-bond acceptors (Lipinski definition) is 4. The number of benzene rings is 2. The number of rotatable bonds is 4. The molecule has 2 aromatic carbocycles. The van der Waals surface area contributed by atoms with E-state index in [9.17, 15) is 14.7 Å². The van der Waals surface area contributed by atoms with Crippen LogP contribution in [0.25, 0.3) is 0 Å². The number of carbonyl (C=O) groups is 2. The van der Waals surface area contributed by atoms with Crippen LogP contribution in [0.1, 0.15) is 11.1 Å². The van der Waals surface area contributed by atoms with Crippen molar-refractivity contribution in [1.82, 2.24) is 5.32 Å². The fourth-order valence-corrected chi connectivity index (χ4v) is 2.02. The average molecular weight is 313 g/mol. The van der Waals surface area contributed by atoms with Crippen molar-refractivity contribution in [3.63, 3.8) is 0 Å². The fraction of sp³-hybridized carbons (Fsp3) is 0.176. The number of amides is 2. The molecular formula is C17H19N3O3. The molecule has 0 heterocycles. The van der Waals surface area contributed by atoms with Gasteiger partial charge in [-0.25, -0.2) is 0 Å². The predicted molar refractivity (Wildman–Crippen MR) is 89.0 cm³/mol. The quantitative estimate of drug-likeness (QED) is 0.508. The van der Waals surface area contributed by atoms with Gasteiger partial charge in [0.05, 0.1) is 11.4 Å². The summed E-state index contributed by atoms with van der Waals surface area (Å²) in [5, 5.41) is 14.2. The maximum Gasteiger partial charge on any atom is 0.313 e. The van der Waals surface area contributed by atoms with E-state index >= 15 is 0 Å². The van der Waals surface area contributed by atoms with Crippen LogP contribution in [0.15, 0.2) is 42.5 Å². The van der Waals surface area contributed by atoms with Crippen LogP contribution in [-0.4, -0.2) is 23.5 Å². The van der Waals surface area contributed by atoms with Gasteiger partial charge in [-0.3, -0.25) is 9.59 Å². The van der Waals surface area contributed by atoms with Crippen LogP contribution in [0.3, 0.4) is 0 Å².